The molecule has 1 rings (SSSR count). The van der Waals surface area contributed by atoms with E-state index in [2.05, 4.69) is 37.9 Å². The molecule has 1 atom stereocenters. The van der Waals surface area contributed by atoms with E-state index in [1.807, 2.05) is 0 Å². The summed E-state index contributed by atoms with van der Waals surface area (Å²) in [5.41, 5.74) is 0.314. The van der Waals surface area contributed by atoms with Gasteiger partial charge in [-0.2, -0.15) is 0 Å². The Labute approximate surface area is 100 Å². The second kappa shape index (κ2) is 5.99. The molecule has 0 saturated carbocycles. The van der Waals surface area contributed by atoms with Crippen LogP contribution in [0, 0.1) is 11.3 Å². The number of aliphatic hydroxyl groups is 1. The summed E-state index contributed by atoms with van der Waals surface area (Å²) in [5.74, 6) is 0.508. The van der Waals surface area contributed by atoms with Crippen molar-refractivity contribution in [2.24, 2.45) is 11.3 Å². The van der Waals surface area contributed by atoms with Gasteiger partial charge in [0.1, 0.15) is 0 Å². The largest absolute Gasteiger partial charge is 0.396 e. The van der Waals surface area contributed by atoms with E-state index in [-0.39, 0.29) is 0 Å². The molecule has 0 radical (unpaired) electrons. The third-order valence-corrected chi connectivity index (χ3v) is 3.27. The lowest BCUT2D eigenvalue weighted by Crippen LogP contribution is -2.41. The summed E-state index contributed by atoms with van der Waals surface area (Å²) in [5, 5.41) is 12.6. The quantitative estimate of drug-likeness (QED) is 0.720. The van der Waals surface area contributed by atoms with E-state index in [1.165, 1.54) is 0 Å². The zero-order valence-electron chi connectivity index (χ0n) is 11.3. The number of rotatable bonds is 6. The first-order valence-corrected chi connectivity index (χ1v) is 6.49. The Morgan fingerprint density at radius 2 is 2.12 bits per heavy atom. The van der Waals surface area contributed by atoms with Crippen molar-refractivity contribution in [1.82, 2.24) is 10.2 Å². The van der Waals surface area contributed by atoms with Gasteiger partial charge < -0.3 is 15.3 Å². The number of likely N-dealkylation sites (tertiary alicyclic amines) is 1. The van der Waals surface area contributed by atoms with Crippen LogP contribution in [0.3, 0.4) is 0 Å². The van der Waals surface area contributed by atoms with Crippen molar-refractivity contribution < 1.29 is 5.11 Å². The first-order chi connectivity index (χ1) is 7.43. The Balaban J connectivity index is 2.29. The Morgan fingerprint density at radius 3 is 2.62 bits per heavy atom. The molecular weight excluding hydrogens is 200 g/mol. The van der Waals surface area contributed by atoms with Gasteiger partial charge in [-0.1, -0.05) is 27.7 Å². The Bertz CT molecular complexity index is 204. The molecular formula is C13H28N2O. The molecule has 1 aliphatic heterocycles. The van der Waals surface area contributed by atoms with Crippen molar-refractivity contribution in [3.05, 3.63) is 0 Å². The summed E-state index contributed by atoms with van der Waals surface area (Å²) in [6.07, 6.45) is 1.16. The average molecular weight is 228 g/mol. The lowest BCUT2D eigenvalue weighted by atomic mass is 9.92. The fourth-order valence-corrected chi connectivity index (χ4v) is 2.35. The predicted molar refractivity (Wildman–Crippen MR) is 68.6 cm³/mol. The van der Waals surface area contributed by atoms with Crippen LogP contribution in [0.2, 0.25) is 0 Å². The molecule has 1 aliphatic rings. The summed E-state index contributed by atoms with van der Waals surface area (Å²) >= 11 is 0. The van der Waals surface area contributed by atoms with Gasteiger partial charge in [0.05, 0.1) is 0 Å². The molecule has 0 aromatic carbocycles. The monoisotopic (exact) mass is 228 g/mol. The second-order valence-corrected chi connectivity index (χ2v) is 6.27. The van der Waals surface area contributed by atoms with Crippen LogP contribution in [0.25, 0.3) is 0 Å². The maximum Gasteiger partial charge on any atom is 0.0471 e. The van der Waals surface area contributed by atoms with Crippen molar-refractivity contribution >= 4 is 0 Å². The van der Waals surface area contributed by atoms with Crippen molar-refractivity contribution in [2.45, 2.75) is 40.2 Å². The number of nitrogens with one attached hydrogen (secondary N) is 1. The SMILES string of the molecule is CC(C)NCC(C)(C)CN1CCC(CO)C1. The molecule has 0 aromatic rings. The molecule has 0 spiro atoms. The maximum absolute atomic E-state index is 9.12. The molecule has 1 saturated heterocycles. The molecule has 0 bridgehead atoms. The first kappa shape index (κ1) is 13.9. The van der Waals surface area contributed by atoms with E-state index in [4.69, 9.17) is 5.11 Å². The molecule has 0 aliphatic carbocycles. The minimum absolute atomic E-state index is 0.314. The third kappa shape index (κ3) is 4.81. The molecule has 1 unspecified atom stereocenters. The van der Waals surface area contributed by atoms with E-state index in [0.29, 0.717) is 24.0 Å². The fourth-order valence-electron chi connectivity index (χ4n) is 2.35. The Hall–Kier alpha value is -0.120. The first-order valence-electron chi connectivity index (χ1n) is 6.49. The minimum atomic E-state index is 0.314. The molecule has 1 fully saturated rings. The van der Waals surface area contributed by atoms with E-state index < -0.39 is 0 Å². The minimum Gasteiger partial charge on any atom is -0.396 e. The number of hydrogen-bond donors (Lipinski definition) is 2. The van der Waals surface area contributed by atoms with Gasteiger partial charge in [0.15, 0.2) is 0 Å². The van der Waals surface area contributed by atoms with Gasteiger partial charge in [-0.25, -0.2) is 0 Å². The predicted octanol–water partition coefficient (Wildman–Crippen LogP) is 1.32. The summed E-state index contributed by atoms with van der Waals surface area (Å²) in [6, 6.07) is 0.558. The van der Waals surface area contributed by atoms with Crippen LogP contribution < -0.4 is 5.32 Å². The van der Waals surface area contributed by atoms with Gasteiger partial charge in [0, 0.05) is 32.3 Å². The van der Waals surface area contributed by atoms with Crippen LogP contribution in [0.15, 0.2) is 0 Å². The van der Waals surface area contributed by atoms with Gasteiger partial charge in [-0.05, 0) is 24.3 Å². The van der Waals surface area contributed by atoms with Gasteiger partial charge in [-0.3, -0.25) is 0 Å². The molecule has 16 heavy (non-hydrogen) atoms. The summed E-state index contributed by atoms with van der Waals surface area (Å²) < 4.78 is 0. The van der Waals surface area contributed by atoms with E-state index in [1.54, 1.807) is 0 Å². The van der Waals surface area contributed by atoms with Crippen molar-refractivity contribution in [3.8, 4) is 0 Å². The fraction of sp³-hybridized carbons (Fsp3) is 1.00. The highest BCUT2D eigenvalue weighted by molar-refractivity contribution is 4.82. The van der Waals surface area contributed by atoms with Crippen LogP contribution in [0.1, 0.15) is 34.1 Å². The highest BCUT2D eigenvalue weighted by Crippen LogP contribution is 2.22. The maximum atomic E-state index is 9.12. The van der Waals surface area contributed by atoms with Crippen LogP contribution in [0.5, 0.6) is 0 Å². The molecule has 96 valence electrons. The highest BCUT2D eigenvalue weighted by atomic mass is 16.3. The molecule has 0 amide bonds. The molecule has 0 aromatic heterocycles. The number of hydrogen-bond acceptors (Lipinski definition) is 3. The summed E-state index contributed by atoms with van der Waals surface area (Å²) in [7, 11) is 0. The van der Waals surface area contributed by atoms with E-state index >= 15 is 0 Å². The zero-order chi connectivity index (χ0) is 12.2. The van der Waals surface area contributed by atoms with Crippen LogP contribution >= 0.6 is 0 Å². The number of nitrogens with zero attached hydrogens (tertiary/aromatic N) is 1. The topological polar surface area (TPSA) is 35.5 Å². The smallest absolute Gasteiger partial charge is 0.0471 e. The van der Waals surface area contributed by atoms with E-state index in [9.17, 15) is 0 Å². The van der Waals surface area contributed by atoms with Gasteiger partial charge in [0.25, 0.3) is 0 Å². The van der Waals surface area contributed by atoms with Crippen LogP contribution in [-0.4, -0.2) is 48.8 Å². The summed E-state index contributed by atoms with van der Waals surface area (Å²) in [4.78, 5) is 2.49. The Kier molecular flexibility index (Phi) is 5.22. The molecule has 1 heterocycles. The van der Waals surface area contributed by atoms with Crippen molar-refractivity contribution in [2.75, 3.05) is 32.8 Å². The lowest BCUT2D eigenvalue weighted by Gasteiger charge is -2.31. The second-order valence-electron chi connectivity index (χ2n) is 6.27. The molecule has 2 N–H and O–H groups in total. The van der Waals surface area contributed by atoms with Gasteiger partial charge in [0.2, 0.25) is 0 Å². The zero-order valence-corrected chi connectivity index (χ0v) is 11.3. The van der Waals surface area contributed by atoms with Gasteiger partial charge >= 0.3 is 0 Å². The van der Waals surface area contributed by atoms with Crippen LogP contribution in [0.4, 0.5) is 0 Å². The third-order valence-electron chi connectivity index (χ3n) is 3.27. The van der Waals surface area contributed by atoms with E-state index in [0.717, 1.165) is 32.6 Å². The number of aliphatic hydroxyl groups excluding tert-OH is 1. The lowest BCUT2D eigenvalue weighted by molar-refractivity contribution is 0.180. The van der Waals surface area contributed by atoms with Crippen molar-refractivity contribution in [3.63, 3.8) is 0 Å². The Morgan fingerprint density at radius 1 is 1.44 bits per heavy atom. The molecule has 3 heteroatoms. The summed E-state index contributed by atoms with van der Waals surface area (Å²) in [6.45, 7) is 13.8. The normalized spacial score (nSPS) is 23.2. The average Bonchev–Trinajstić information content (AvgIpc) is 2.62. The molecule has 3 nitrogen and oxygen atoms in total. The van der Waals surface area contributed by atoms with Gasteiger partial charge in [-0.15, -0.1) is 0 Å². The van der Waals surface area contributed by atoms with Crippen molar-refractivity contribution in [1.29, 1.82) is 0 Å². The van der Waals surface area contributed by atoms with Crippen LogP contribution in [-0.2, 0) is 0 Å². The highest BCUT2D eigenvalue weighted by Gasteiger charge is 2.27. The standard InChI is InChI=1S/C13H28N2O/c1-11(2)14-9-13(3,4)10-15-6-5-12(7-15)8-16/h11-12,14,16H,5-10H2,1-4H3.